The quantitative estimate of drug-likeness (QED) is 0.236. The number of halogens is 1. The van der Waals surface area contributed by atoms with Gasteiger partial charge in [0.25, 0.3) is 17.5 Å². The minimum atomic E-state index is -0.918. The van der Waals surface area contributed by atoms with Gasteiger partial charge in [0.2, 0.25) is 0 Å². The van der Waals surface area contributed by atoms with Crippen LogP contribution in [0.4, 0.5) is 5.69 Å². The first-order valence-electron chi connectivity index (χ1n) is 10.5. The number of hydrogen-bond donors (Lipinski definition) is 0. The number of β-lactam (4-membered cyclic amide) rings is 1. The van der Waals surface area contributed by atoms with Gasteiger partial charge in [-0.15, -0.1) is 11.8 Å². The lowest BCUT2D eigenvalue weighted by atomic mass is 10.0. The zero-order chi connectivity index (χ0) is 25.3. The standard InChI is InChI=1S/C23H20ClN3O7S/c1-13-12-35-22-20(26(14(2)28)34-18-9-5-16(24)6-10-18)21(29)25(22)19(13)23(30)33-11-15-3-7-17(8-4-15)27(31)32/h3-10,20,22H,11-12H2,1-2H3/t20?,22-/m1/s1. The summed E-state index contributed by atoms with van der Waals surface area (Å²) in [6.45, 7) is 2.91. The molecule has 0 spiro atoms. The summed E-state index contributed by atoms with van der Waals surface area (Å²) in [4.78, 5) is 55.7. The van der Waals surface area contributed by atoms with Crippen molar-refractivity contribution in [2.24, 2.45) is 0 Å². The van der Waals surface area contributed by atoms with Gasteiger partial charge in [-0.2, -0.15) is 5.06 Å². The number of carbonyl (C=O) groups is 3. The lowest BCUT2D eigenvalue weighted by molar-refractivity contribution is -0.384. The molecule has 0 aromatic heterocycles. The van der Waals surface area contributed by atoms with Crippen molar-refractivity contribution in [3.05, 3.63) is 80.5 Å². The Bertz CT molecular complexity index is 1220. The van der Waals surface area contributed by atoms with E-state index in [1.54, 1.807) is 31.2 Å². The maximum Gasteiger partial charge on any atom is 0.355 e. The molecule has 0 N–H and O–H groups in total. The third kappa shape index (κ3) is 4.96. The van der Waals surface area contributed by atoms with Crippen molar-refractivity contribution in [2.45, 2.75) is 31.9 Å². The molecule has 0 radical (unpaired) electrons. The summed E-state index contributed by atoms with van der Waals surface area (Å²) in [5, 5.41) is 11.8. The Kier molecular flexibility index (Phi) is 6.99. The van der Waals surface area contributed by atoms with Crippen LogP contribution in [0, 0.1) is 10.1 Å². The Hall–Kier alpha value is -3.57. The van der Waals surface area contributed by atoms with Crippen molar-refractivity contribution in [1.29, 1.82) is 0 Å². The number of nitro benzene ring substituents is 1. The third-order valence-corrected chi connectivity index (χ3v) is 7.08. The number of hydrogen-bond acceptors (Lipinski definition) is 8. The van der Waals surface area contributed by atoms with Gasteiger partial charge in [0.1, 0.15) is 17.7 Å². The van der Waals surface area contributed by atoms with Crippen LogP contribution >= 0.6 is 23.4 Å². The molecule has 4 rings (SSSR count). The summed E-state index contributed by atoms with van der Waals surface area (Å²) in [5.41, 5.74) is 1.29. The van der Waals surface area contributed by atoms with E-state index in [4.69, 9.17) is 21.2 Å². The third-order valence-electron chi connectivity index (χ3n) is 5.42. The lowest BCUT2D eigenvalue weighted by Crippen LogP contribution is -2.71. The van der Waals surface area contributed by atoms with Crippen LogP contribution in [0.3, 0.4) is 0 Å². The number of rotatable bonds is 7. The van der Waals surface area contributed by atoms with Crippen LogP contribution in [0.2, 0.25) is 5.02 Å². The van der Waals surface area contributed by atoms with E-state index in [0.29, 0.717) is 27.7 Å². The normalized spacial score (nSPS) is 18.9. The van der Waals surface area contributed by atoms with Gasteiger partial charge in [0, 0.05) is 29.8 Å². The summed E-state index contributed by atoms with van der Waals surface area (Å²) in [6.07, 6.45) is 0. The molecule has 1 fully saturated rings. The van der Waals surface area contributed by atoms with Crippen molar-refractivity contribution in [3.63, 3.8) is 0 Å². The van der Waals surface area contributed by atoms with Crippen molar-refractivity contribution in [2.75, 3.05) is 5.75 Å². The monoisotopic (exact) mass is 517 g/mol. The fraction of sp³-hybridized carbons (Fsp3) is 0.261. The van der Waals surface area contributed by atoms with Gasteiger partial charge < -0.3 is 9.57 Å². The van der Waals surface area contributed by atoms with Crippen LogP contribution in [0.5, 0.6) is 5.75 Å². The number of fused-ring (bicyclic) bond motifs is 1. The first kappa shape index (κ1) is 24.6. The van der Waals surface area contributed by atoms with E-state index in [2.05, 4.69) is 0 Å². The van der Waals surface area contributed by atoms with E-state index < -0.39 is 34.1 Å². The Labute approximate surface area is 209 Å². The topological polar surface area (TPSA) is 119 Å². The molecular weight excluding hydrogens is 498 g/mol. The van der Waals surface area contributed by atoms with E-state index in [1.807, 2.05) is 0 Å². The number of esters is 1. The second-order valence-electron chi connectivity index (χ2n) is 7.87. The summed E-state index contributed by atoms with van der Waals surface area (Å²) >= 11 is 7.31. The number of nitrogens with zero attached hydrogens (tertiary/aromatic N) is 3. The van der Waals surface area contributed by atoms with Crippen LogP contribution in [0.15, 0.2) is 59.8 Å². The molecular formula is C23H20ClN3O7S. The van der Waals surface area contributed by atoms with Gasteiger partial charge >= 0.3 is 5.97 Å². The second kappa shape index (κ2) is 9.96. The molecule has 10 nitrogen and oxygen atoms in total. The molecule has 0 saturated carbocycles. The van der Waals surface area contributed by atoms with E-state index >= 15 is 0 Å². The van der Waals surface area contributed by atoms with Crippen molar-refractivity contribution < 1.29 is 28.9 Å². The molecule has 1 saturated heterocycles. The lowest BCUT2D eigenvalue weighted by Gasteiger charge is -2.51. The number of ether oxygens (including phenoxy) is 1. The van der Waals surface area contributed by atoms with Gasteiger partial charge in [0.15, 0.2) is 11.8 Å². The van der Waals surface area contributed by atoms with E-state index in [9.17, 15) is 24.5 Å². The SMILES string of the molecule is CC(=O)N(Oc1ccc(Cl)cc1)C1C(=O)N2C(C(=O)OCc3ccc([N+](=O)[O-])cc3)=C(C)CS[C@H]12. The molecule has 0 bridgehead atoms. The molecule has 35 heavy (non-hydrogen) atoms. The average molecular weight is 518 g/mol. The fourth-order valence-electron chi connectivity index (χ4n) is 3.68. The highest BCUT2D eigenvalue weighted by Gasteiger charge is 2.57. The van der Waals surface area contributed by atoms with E-state index in [-0.39, 0.29) is 18.0 Å². The molecule has 2 aromatic rings. The first-order valence-corrected chi connectivity index (χ1v) is 11.9. The van der Waals surface area contributed by atoms with Gasteiger partial charge in [0.05, 0.1) is 4.92 Å². The molecule has 182 valence electrons. The summed E-state index contributed by atoms with van der Waals surface area (Å²) in [7, 11) is 0. The largest absolute Gasteiger partial charge is 0.456 e. The predicted molar refractivity (Wildman–Crippen MR) is 127 cm³/mol. The maximum absolute atomic E-state index is 13.1. The van der Waals surface area contributed by atoms with Gasteiger partial charge in [-0.1, -0.05) is 11.6 Å². The number of benzene rings is 2. The number of nitro groups is 1. The van der Waals surface area contributed by atoms with Crippen LogP contribution in [0.25, 0.3) is 0 Å². The number of non-ortho nitro benzene ring substituents is 1. The summed E-state index contributed by atoms with van der Waals surface area (Å²) in [5.74, 6) is -0.822. The van der Waals surface area contributed by atoms with Crippen molar-refractivity contribution >= 4 is 46.8 Å². The highest BCUT2D eigenvalue weighted by Crippen LogP contribution is 2.43. The molecule has 2 heterocycles. The number of amides is 2. The second-order valence-corrected chi connectivity index (χ2v) is 9.41. The van der Waals surface area contributed by atoms with Crippen LogP contribution in [0.1, 0.15) is 19.4 Å². The minimum absolute atomic E-state index is 0.0705. The average Bonchev–Trinajstić information content (AvgIpc) is 2.83. The van der Waals surface area contributed by atoms with Crippen molar-refractivity contribution in [3.8, 4) is 5.75 Å². The zero-order valence-corrected chi connectivity index (χ0v) is 20.2. The molecule has 2 aromatic carbocycles. The first-order chi connectivity index (χ1) is 16.7. The van der Waals surface area contributed by atoms with Crippen molar-refractivity contribution in [1.82, 2.24) is 9.96 Å². The van der Waals surface area contributed by atoms with E-state index in [1.165, 1.54) is 47.9 Å². The van der Waals surface area contributed by atoms with Gasteiger partial charge in [-0.3, -0.25) is 24.6 Å². The minimum Gasteiger partial charge on any atom is -0.456 e. The Morgan fingerprint density at radius 1 is 1.20 bits per heavy atom. The molecule has 2 aliphatic rings. The smallest absolute Gasteiger partial charge is 0.355 e. The predicted octanol–water partition coefficient (Wildman–Crippen LogP) is 3.69. The highest BCUT2D eigenvalue weighted by molar-refractivity contribution is 8.00. The summed E-state index contributed by atoms with van der Waals surface area (Å²) < 4.78 is 5.40. The summed E-state index contributed by atoms with van der Waals surface area (Å²) in [6, 6.07) is 11.1. The molecule has 2 aliphatic heterocycles. The Balaban J connectivity index is 1.47. The zero-order valence-electron chi connectivity index (χ0n) is 18.7. The molecule has 0 aliphatic carbocycles. The van der Waals surface area contributed by atoms with Crippen LogP contribution in [-0.4, -0.2) is 49.8 Å². The van der Waals surface area contributed by atoms with E-state index in [0.717, 1.165) is 5.06 Å². The number of hydroxylamine groups is 2. The molecule has 2 atom stereocenters. The molecule has 12 heteroatoms. The van der Waals surface area contributed by atoms with Gasteiger partial charge in [-0.05, 0) is 54.5 Å². The fourth-order valence-corrected chi connectivity index (χ4v) is 5.13. The molecule has 1 unspecified atom stereocenters. The van der Waals surface area contributed by atoms with Crippen LogP contribution in [-0.2, 0) is 25.7 Å². The van der Waals surface area contributed by atoms with Gasteiger partial charge in [-0.25, -0.2) is 4.79 Å². The Morgan fingerprint density at radius 3 is 2.46 bits per heavy atom. The molecule has 2 amide bonds. The van der Waals surface area contributed by atoms with Crippen LogP contribution < -0.4 is 4.84 Å². The Morgan fingerprint density at radius 2 is 1.86 bits per heavy atom. The number of carbonyl (C=O) groups excluding carboxylic acids is 3. The highest BCUT2D eigenvalue weighted by atomic mass is 35.5. The maximum atomic E-state index is 13.1. The number of thioether (sulfide) groups is 1.